The SMILES string of the molecule is Cc1[c]onc1-c1ccccc1Cl. The first kappa shape index (κ1) is 8.32. The number of benzene rings is 1. The molecule has 0 spiro atoms. The number of hydrogen-bond acceptors (Lipinski definition) is 2. The molecule has 0 saturated heterocycles. The molecule has 2 aromatic rings. The fourth-order valence-corrected chi connectivity index (χ4v) is 1.38. The molecule has 0 fully saturated rings. The summed E-state index contributed by atoms with van der Waals surface area (Å²) in [5.41, 5.74) is 2.50. The Balaban J connectivity index is 2.59. The van der Waals surface area contributed by atoms with Crippen LogP contribution in [0.15, 0.2) is 28.8 Å². The smallest absolute Gasteiger partial charge is 0.208 e. The maximum Gasteiger partial charge on any atom is 0.208 e. The van der Waals surface area contributed by atoms with Crippen LogP contribution in [0.2, 0.25) is 5.02 Å². The van der Waals surface area contributed by atoms with E-state index in [4.69, 9.17) is 16.1 Å². The van der Waals surface area contributed by atoms with Gasteiger partial charge in [0.1, 0.15) is 5.69 Å². The van der Waals surface area contributed by atoms with Gasteiger partial charge in [-0.2, -0.15) is 0 Å². The van der Waals surface area contributed by atoms with Crippen molar-refractivity contribution in [3.05, 3.63) is 41.1 Å². The summed E-state index contributed by atoms with van der Waals surface area (Å²) in [7, 11) is 0. The van der Waals surface area contributed by atoms with Crippen molar-refractivity contribution in [2.45, 2.75) is 6.92 Å². The van der Waals surface area contributed by atoms with Crippen LogP contribution < -0.4 is 0 Å². The quantitative estimate of drug-likeness (QED) is 0.694. The van der Waals surface area contributed by atoms with E-state index in [9.17, 15) is 0 Å². The molecule has 0 bridgehead atoms. The number of halogens is 1. The van der Waals surface area contributed by atoms with E-state index in [1.54, 1.807) is 0 Å². The van der Waals surface area contributed by atoms with Gasteiger partial charge in [-0.05, 0) is 13.0 Å². The monoisotopic (exact) mass is 192 g/mol. The van der Waals surface area contributed by atoms with E-state index in [0.717, 1.165) is 16.8 Å². The molecule has 3 heteroatoms. The molecule has 0 unspecified atom stereocenters. The minimum Gasteiger partial charge on any atom is -0.352 e. The van der Waals surface area contributed by atoms with E-state index in [1.807, 2.05) is 31.2 Å². The van der Waals surface area contributed by atoms with Gasteiger partial charge >= 0.3 is 0 Å². The summed E-state index contributed by atoms with van der Waals surface area (Å²) >= 11 is 5.99. The van der Waals surface area contributed by atoms with Crippen molar-refractivity contribution in [2.24, 2.45) is 0 Å². The van der Waals surface area contributed by atoms with Crippen LogP contribution in [-0.2, 0) is 0 Å². The molecule has 0 aliphatic rings. The van der Waals surface area contributed by atoms with Gasteiger partial charge in [0.25, 0.3) is 0 Å². The minimum absolute atomic E-state index is 0.674. The summed E-state index contributed by atoms with van der Waals surface area (Å²) < 4.78 is 4.72. The third-order valence-corrected chi connectivity index (χ3v) is 2.15. The average Bonchev–Trinajstić information content (AvgIpc) is 2.52. The molecule has 65 valence electrons. The highest BCUT2D eigenvalue weighted by molar-refractivity contribution is 6.33. The molecular weight excluding hydrogens is 186 g/mol. The van der Waals surface area contributed by atoms with Gasteiger partial charge in [-0.3, -0.25) is 0 Å². The lowest BCUT2D eigenvalue weighted by molar-refractivity contribution is 0.414. The second-order valence-electron chi connectivity index (χ2n) is 2.74. The molecule has 0 atom stereocenters. The molecule has 2 nitrogen and oxygen atoms in total. The first-order chi connectivity index (χ1) is 6.29. The van der Waals surface area contributed by atoms with Crippen molar-refractivity contribution in [3.63, 3.8) is 0 Å². The van der Waals surface area contributed by atoms with Crippen molar-refractivity contribution in [1.29, 1.82) is 0 Å². The fraction of sp³-hybridized carbons (Fsp3) is 0.100. The lowest BCUT2D eigenvalue weighted by atomic mass is 10.1. The third kappa shape index (κ3) is 1.45. The minimum atomic E-state index is 0.674. The Morgan fingerprint density at radius 2 is 2.15 bits per heavy atom. The summed E-state index contributed by atoms with van der Waals surface area (Å²) in [6.07, 6.45) is 2.65. The van der Waals surface area contributed by atoms with Crippen LogP contribution in [0.4, 0.5) is 0 Å². The van der Waals surface area contributed by atoms with Crippen LogP contribution in [0, 0.1) is 13.2 Å². The van der Waals surface area contributed by atoms with Crippen LogP contribution in [0.25, 0.3) is 11.3 Å². The van der Waals surface area contributed by atoms with Gasteiger partial charge in [-0.1, -0.05) is 35.0 Å². The molecule has 0 aliphatic heterocycles. The zero-order valence-corrected chi connectivity index (χ0v) is 7.80. The molecule has 1 heterocycles. The van der Waals surface area contributed by atoms with E-state index in [0.29, 0.717) is 5.02 Å². The lowest BCUT2D eigenvalue weighted by Gasteiger charge is -1.98. The van der Waals surface area contributed by atoms with E-state index < -0.39 is 0 Å². The van der Waals surface area contributed by atoms with Crippen LogP contribution >= 0.6 is 11.6 Å². The number of hydrogen-bond donors (Lipinski definition) is 0. The van der Waals surface area contributed by atoms with E-state index in [-0.39, 0.29) is 0 Å². The van der Waals surface area contributed by atoms with Crippen LogP contribution in [0.3, 0.4) is 0 Å². The number of rotatable bonds is 1. The zero-order valence-electron chi connectivity index (χ0n) is 7.04. The Hall–Kier alpha value is -1.28. The van der Waals surface area contributed by atoms with Gasteiger partial charge in [0, 0.05) is 11.1 Å². The Kier molecular flexibility index (Phi) is 2.07. The average molecular weight is 193 g/mol. The predicted molar refractivity (Wildman–Crippen MR) is 50.5 cm³/mol. The maximum absolute atomic E-state index is 5.99. The number of aryl methyl sites for hydroxylation is 1. The van der Waals surface area contributed by atoms with Crippen molar-refractivity contribution < 1.29 is 4.52 Å². The van der Waals surface area contributed by atoms with Crippen LogP contribution in [0.5, 0.6) is 0 Å². The fourth-order valence-electron chi connectivity index (χ4n) is 1.16. The Labute approximate surface area is 81.1 Å². The first-order valence-corrected chi connectivity index (χ1v) is 4.25. The third-order valence-electron chi connectivity index (χ3n) is 1.82. The molecule has 2 rings (SSSR count). The number of nitrogens with zero attached hydrogens (tertiary/aromatic N) is 1. The van der Waals surface area contributed by atoms with Crippen molar-refractivity contribution in [3.8, 4) is 11.3 Å². The second kappa shape index (κ2) is 3.23. The van der Waals surface area contributed by atoms with Crippen LogP contribution in [0.1, 0.15) is 5.56 Å². The van der Waals surface area contributed by atoms with Gasteiger partial charge < -0.3 is 4.52 Å². The topological polar surface area (TPSA) is 26.0 Å². The highest BCUT2D eigenvalue weighted by atomic mass is 35.5. The van der Waals surface area contributed by atoms with Gasteiger partial charge in [-0.25, -0.2) is 0 Å². The molecular formula is C10H7ClNO. The molecule has 1 aromatic heterocycles. The van der Waals surface area contributed by atoms with Crippen molar-refractivity contribution in [2.75, 3.05) is 0 Å². The normalized spacial score (nSPS) is 10.3. The predicted octanol–water partition coefficient (Wildman–Crippen LogP) is 3.10. The lowest BCUT2D eigenvalue weighted by Crippen LogP contribution is -1.81. The van der Waals surface area contributed by atoms with Crippen LogP contribution in [-0.4, -0.2) is 5.16 Å². The van der Waals surface area contributed by atoms with Gasteiger partial charge in [0.15, 0.2) is 0 Å². The molecule has 0 amide bonds. The Morgan fingerprint density at radius 1 is 1.38 bits per heavy atom. The second-order valence-corrected chi connectivity index (χ2v) is 3.15. The zero-order chi connectivity index (χ0) is 9.26. The van der Waals surface area contributed by atoms with E-state index in [2.05, 4.69) is 11.4 Å². The van der Waals surface area contributed by atoms with E-state index in [1.165, 1.54) is 0 Å². The maximum atomic E-state index is 5.99. The van der Waals surface area contributed by atoms with Crippen molar-refractivity contribution >= 4 is 11.6 Å². The Morgan fingerprint density at radius 3 is 2.77 bits per heavy atom. The summed E-state index contributed by atoms with van der Waals surface area (Å²) in [5, 5.41) is 4.51. The first-order valence-electron chi connectivity index (χ1n) is 3.88. The molecule has 0 saturated carbocycles. The highest BCUT2D eigenvalue weighted by Gasteiger charge is 2.09. The summed E-state index contributed by atoms with van der Waals surface area (Å²) in [6, 6.07) is 7.52. The van der Waals surface area contributed by atoms with Gasteiger partial charge in [-0.15, -0.1) is 0 Å². The molecule has 0 aliphatic carbocycles. The Bertz CT molecular complexity index is 422. The standard InChI is InChI=1S/C10H7ClNO/c1-7-6-13-12-10(7)8-4-2-3-5-9(8)11/h2-5H,1H3. The summed E-state index contributed by atoms with van der Waals surface area (Å²) in [4.78, 5) is 0. The molecule has 1 radical (unpaired) electrons. The van der Waals surface area contributed by atoms with Gasteiger partial charge in [0.2, 0.25) is 6.26 Å². The van der Waals surface area contributed by atoms with E-state index >= 15 is 0 Å². The highest BCUT2D eigenvalue weighted by Crippen LogP contribution is 2.27. The summed E-state index contributed by atoms with van der Waals surface area (Å²) in [6.45, 7) is 1.88. The van der Waals surface area contributed by atoms with Crippen molar-refractivity contribution in [1.82, 2.24) is 5.16 Å². The molecule has 1 aromatic carbocycles. The largest absolute Gasteiger partial charge is 0.352 e. The number of aromatic nitrogens is 1. The molecule has 0 N–H and O–H groups in total. The molecule has 13 heavy (non-hydrogen) atoms. The summed E-state index contributed by atoms with van der Waals surface area (Å²) in [5.74, 6) is 0. The van der Waals surface area contributed by atoms with Gasteiger partial charge in [0.05, 0.1) is 5.02 Å².